The Morgan fingerprint density at radius 3 is 2.55 bits per heavy atom. The lowest BCUT2D eigenvalue weighted by molar-refractivity contribution is 0.0977. The zero-order valence-electron chi connectivity index (χ0n) is 16.6. The zero-order chi connectivity index (χ0) is 22.1. The molecule has 4 aromatic rings. The second-order valence-corrected chi connectivity index (χ2v) is 9.17. The molecule has 0 saturated carbocycles. The van der Waals surface area contributed by atoms with Crippen LogP contribution < -0.4 is 10.6 Å². The van der Waals surface area contributed by atoms with Crippen LogP contribution in [0.15, 0.2) is 59.0 Å². The summed E-state index contributed by atoms with van der Waals surface area (Å²) in [5, 5.41) is 6.51. The van der Waals surface area contributed by atoms with Gasteiger partial charge in [-0.15, -0.1) is 0 Å². The number of fused-ring (bicyclic) bond motifs is 1. The predicted octanol–water partition coefficient (Wildman–Crippen LogP) is 6.50. The smallest absolute Gasteiger partial charge is 0.257 e. The lowest BCUT2D eigenvalue weighted by Gasteiger charge is -2.10. The molecule has 2 N–H and O–H groups in total. The highest BCUT2D eigenvalue weighted by Crippen LogP contribution is 2.32. The number of aromatic nitrogens is 1. The van der Waals surface area contributed by atoms with Gasteiger partial charge in [-0.2, -0.15) is 0 Å². The third kappa shape index (κ3) is 5.06. The van der Waals surface area contributed by atoms with Gasteiger partial charge in [0.2, 0.25) is 5.89 Å². The molecule has 0 aliphatic heterocycles. The fraction of sp³-hybridized carbons (Fsp3) is 0.0870. The van der Waals surface area contributed by atoms with Gasteiger partial charge in [0.25, 0.3) is 5.91 Å². The number of nitrogens with zero attached hydrogens (tertiary/aromatic N) is 1. The third-order valence-corrected chi connectivity index (χ3v) is 5.72. The summed E-state index contributed by atoms with van der Waals surface area (Å²) < 4.78 is 6.90. The number of aryl methyl sites for hydroxylation is 2. The molecule has 0 fully saturated rings. The van der Waals surface area contributed by atoms with Crippen LogP contribution in [-0.2, 0) is 0 Å². The summed E-state index contributed by atoms with van der Waals surface area (Å²) in [6, 6.07) is 16.7. The van der Waals surface area contributed by atoms with Gasteiger partial charge >= 0.3 is 0 Å². The van der Waals surface area contributed by atoms with E-state index in [0.29, 0.717) is 33.3 Å². The van der Waals surface area contributed by atoms with E-state index in [4.69, 9.17) is 28.2 Å². The maximum absolute atomic E-state index is 12.5. The molecule has 8 heteroatoms. The first kappa shape index (κ1) is 21.7. The van der Waals surface area contributed by atoms with Crippen LogP contribution >= 0.6 is 46.4 Å². The van der Waals surface area contributed by atoms with E-state index in [0.717, 1.165) is 20.3 Å². The van der Waals surface area contributed by atoms with Crippen molar-refractivity contribution in [1.82, 2.24) is 10.3 Å². The van der Waals surface area contributed by atoms with Crippen LogP contribution in [0.3, 0.4) is 0 Å². The van der Waals surface area contributed by atoms with Crippen LogP contribution in [0, 0.1) is 17.4 Å². The molecule has 0 atom stereocenters. The molecule has 1 heterocycles. The lowest BCUT2D eigenvalue weighted by Crippen LogP contribution is -2.34. The van der Waals surface area contributed by atoms with Crippen LogP contribution in [-0.4, -0.2) is 16.0 Å². The number of carbonyl (C=O) groups is 1. The molecule has 1 amide bonds. The van der Waals surface area contributed by atoms with Crippen molar-refractivity contribution in [1.29, 1.82) is 0 Å². The summed E-state index contributed by atoms with van der Waals surface area (Å²) in [6.45, 7) is 3.90. The summed E-state index contributed by atoms with van der Waals surface area (Å²) in [7, 11) is 0. The van der Waals surface area contributed by atoms with Gasteiger partial charge in [-0.1, -0.05) is 28.8 Å². The Balaban J connectivity index is 1.51. The molecule has 1 aromatic heterocycles. The molecule has 31 heavy (non-hydrogen) atoms. The minimum Gasteiger partial charge on any atom is -0.436 e. The Bertz CT molecular complexity index is 1320. The van der Waals surface area contributed by atoms with Crippen LogP contribution in [0.25, 0.3) is 22.6 Å². The standard InChI is InChI=1S/C23H17ClIN3O2S/c1-12-7-13(2)9-14(8-12)21(29)28-23(31)26-16-4-6-20-19(11-16)27-22(30-20)17-10-15(25)3-5-18(17)24/h3-11H,1-2H3,(H2,26,28,29,31). The van der Waals surface area contributed by atoms with E-state index in [2.05, 4.69) is 38.2 Å². The Morgan fingerprint density at radius 2 is 1.81 bits per heavy atom. The van der Waals surface area contributed by atoms with E-state index in [-0.39, 0.29) is 11.0 Å². The minimum absolute atomic E-state index is 0.202. The van der Waals surface area contributed by atoms with E-state index >= 15 is 0 Å². The third-order valence-electron chi connectivity index (χ3n) is 4.52. The maximum atomic E-state index is 12.5. The summed E-state index contributed by atoms with van der Waals surface area (Å²) in [5.41, 5.74) is 5.29. The normalized spacial score (nSPS) is 10.8. The second-order valence-electron chi connectivity index (χ2n) is 7.11. The van der Waals surface area contributed by atoms with Gasteiger partial charge in [-0.05, 0) is 97.2 Å². The number of oxazole rings is 1. The van der Waals surface area contributed by atoms with Gasteiger partial charge in [0.05, 0.1) is 10.6 Å². The van der Waals surface area contributed by atoms with Crippen LogP contribution in [0.4, 0.5) is 5.69 Å². The highest BCUT2D eigenvalue weighted by atomic mass is 127. The summed E-state index contributed by atoms with van der Waals surface area (Å²) in [4.78, 5) is 17.1. The lowest BCUT2D eigenvalue weighted by atomic mass is 10.1. The van der Waals surface area contributed by atoms with Crippen molar-refractivity contribution in [3.8, 4) is 11.5 Å². The number of hydrogen-bond donors (Lipinski definition) is 2. The van der Waals surface area contributed by atoms with Crippen LogP contribution in [0.5, 0.6) is 0 Å². The molecular weight excluding hydrogens is 545 g/mol. The van der Waals surface area contributed by atoms with E-state index in [1.54, 1.807) is 12.1 Å². The Morgan fingerprint density at radius 1 is 1.06 bits per heavy atom. The summed E-state index contributed by atoms with van der Waals surface area (Å²) >= 11 is 13.8. The molecule has 156 valence electrons. The van der Waals surface area contributed by atoms with Crippen molar-refractivity contribution < 1.29 is 9.21 Å². The average molecular weight is 562 g/mol. The first-order valence-electron chi connectivity index (χ1n) is 9.35. The largest absolute Gasteiger partial charge is 0.436 e. The van der Waals surface area contributed by atoms with Gasteiger partial charge in [0.1, 0.15) is 5.52 Å². The number of hydrogen-bond acceptors (Lipinski definition) is 4. The van der Waals surface area contributed by atoms with Crippen molar-refractivity contribution in [2.24, 2.45) is 0 Å². The first-order chi connectivity index (χ1) is 14.8. The van der Waals surface area contributed by atoms with Crippen molar-refractivity contribution in [3.63, 3.8) is 0 Å². The average Bonchev–Trinajstić information content (AvgIpc) is 3.12. The van der Waals surface area contributed by atoms with Crippen LogP contribution in [0.2, 0.25) is 5.02 Å². The number of amides is 1. The predicted molar refractivity (Wildman–Crippen MR) is 137 cm³/mol. The van der Waals surface area contributed by atoms with Crippen molar-refractivity contribution in [2.75, 3.05) is 5.32 Å². The Labute approximate surface area is 203 Å². The first-order valence-corrected chi connectivity index (χ1v) is 11.2. The number of halogens is 2. The molecule has 4 rings (SSSR count). The zero-order valence-corrected chi connectivity index (χ0v) is 20.4. The molecular formula is C23H17ClIN3O2S. The van der Waals surface area contributed by atoms with Gasteiger partial charge in [-0.3, -0.25) is 10.1 Å². The van der Waals surface area contributed by atoms with Gasteiger partial charge in [-0.25, -0.2) is 4.98 Å². The number of anilines is 1. The molecule has 0 unspecified atom stereocenters. The van der Waals surface area contributed by atoms with Gasteiger partial charge < -0.3 is 9.73 Å². The van der Waals surface area contributed by atoms with E-state index < -0.39 is 0 Å². The monoisotopic (exact) mass is 561 g/mol. The molecule has 0 saturated heterocycles. The second kappa shape index (κ2) is 8.94. The molecule has 0 bridgehead atoms. The van der Waals surface area contributed by atoms with E-state index in [9.17, 15) is 4.79 Å². The van der Waals surface area contributed by atoms with Crippen LogP contribution in [0.1, 0.15) is 21.5 Å². The quantitative estimate of drug-likeness (QED) is 0.221. The van der Waals surface area contributed by atoms with Crippen molar-refractivity contribution >= 4 is 74.2 Å². The number of nitrogens with one attached hydrogen (secondary N) is 2. The number of carbonyl (C=O) groups excluding carboxylic acids is 1. The highest BCUT2D eigenvalue weighted by molar-refractivity contribution is 14.1. The molecule has 3 aromatic carbocycles. The fourth-order valence-corrected chi connectivity index (χ4v) is 4.13. The summed E-state index contributed by atoms with van der Waals surface area (Å²) in [5.74, 6) is 0.184. The highest BCUT2D eigenvalue weighted by Gasteiger charge is 2.14. The summed E-state index contributed by atoms with van der Waals surface area (Å²) in [6.07, 6.45) is 0. The molecule has 0 aliphatic rings. The topological polar surface area (TPSA) is 67.2 Å². The van der Waals surface area contributed by atoms with E-state index in [1.165, 1.54) is 0 Å². The molecule has 0 spiro atoms. The fourth-order valence-electron chi connectivity index (χ4n) is 3.23. The minimum atomic E-state index is -0.262. The van der Waals surface area contributed by atoms with E-state index in [1.807, 2.05) is 56.3 Å². The maximum Gasteiger partial charge on any atom is 0.257 e. The van der Waals surface area contributed by atoms with Gasteiger partial charge in [0, 0.05) is 14.8 Å². The molecule has 0 radical (unpaired) electrons. The van der Waals surface area contributed by atoms with Crippen molar-refractivity contribution in [2.45, 2.75) is 13.8 Å². The SMILES string of the molecule is Cc1cc(C)cc(C(=O)NC(=S)Nc2ccc3oc(-c4cc(I)ccc4Cl)nc3c2)c1. The Kier molecular flexibility index (Phi) is 6.27. The van der Waals surface area contributed by atoms with Gasteiger partial charge in [0.15, 0.2) is 10.7 Å². The molecule has 5 nitrogen and oxygen atoms in total. The Hall–Kier alpha value is -2.49. The molecule has 0 aliphatic carbocycles. The number of rotatable bonds is 3. The van der Waals surface area contributed by atoms with Crippen molar-refractivity contribution in [3.05, 3.63) is 79.9 Å². The number of thiocarbonyl (C=S) groups is 1. The number of benzene rings is 3.